The van der Waals surface area contributed by atoms with Gasteiger partial charge in [0.25, 0.3) is 0 Å². The molecule has 0 fully saturated rings. The largest absolute Gasteiger partial charge is 2.00 e. The van der Waals surface area contributed by atoms with E-state index >= 15 is 0 Å². The summed E-state index contributed by atoms with van der Waals surface area (Å²) in [6, 6.07) is 0. The normalized spacial score (nSPS) is 9.09. The summed E-state index contributed by atoms with van der Waals surface area (Å²) in [6.07, 6.45) is 1.91. The standard InChI is InChI=1S/C6H8O4.Cu/c7-5(8)3-1-2-4-6(9)10;/h1-2H,3-4H2,(H,7,8)(H,9,10);/q;+2/p-2. The van der Waals surface area contributed by atoms with Crippen molar-refractivity contribution in [3.05, 3.63) is 12.2 Å². The Morgan fingerprint density at radius 2 is 1.27 bits per heavy atom. The topological polar surface area (TPSA) is 80.3 Å². The van der Waals surface area contributed by atoms with E-state index in [2.05, 4.69) is 0 Å². The van der Waals surface area contributed by atoms with Crippen LogP contribution in [0.5, 0.6) is 0 Å². The van der Waals surface area contributed by atoms with Gasteiger partial charge in [0.2, 0.25) is 0 Å². The zero-order chi connectivity index (χ0) is 7.98. The summed E-state index contributed by atoms with van der Waals surface area (Å²) in [5, 5.41) is 19.4. The number of carboxylic acids is 2. The smallest absolute Gasteiger partial charge is 0.550 e. The molecule has 0 atom stereocenters. The molecule has 0 aromatic rings. The zero-order valence-corrected chi connectivity index (χ0v) is 6.45. The van der Waals surface area contributed by atoms with Gasteiger partial charge in [-0.15, -0.1) is 0 Å². The maximum atomic E-state index is 9.72. The average molecular weight is 206 g/mol. The minimum atomic E-state index is -1.23. The third kappa shape index (κ3) is 12.4. The molecule has 0 saturated carbocycles. The van der Waals surface area contributed by atoms with Crippen molar-refractivity contribution in [1.29, 1.82) is 0 Å². The molecule has 0 unspecified atom stereocenters. The first-order chi connectivity index (χ1) is 4.63. The summed E-state index contributed by atoms with van der Waals surface area (Å²) in [5.74, 6) is -2.45. The van der Waals surface area contributed by atoms with Crippen molar-refractivity contribution >= 4 is 11.9 Å². The first-order valence-electron chi connectivity index (χ1n) is 2.67. The minimum Gasteiger partial charge on any atom is -0.550 e. The predicted molar refractivity (Wildman–Crippen MR) is 28.4 cm³/mol. The molecule has 0 spiro atoms. The molecule has 5 heteroatoms. The van der Waals surface area contributed by atoms with E-state index in [9.17, 15) is 19.8 Å². The third-order valence-electron chi connectivity index (χ3n) is 0.736. The summed E-state index contributed by atoms with van der Waals surface area (Å²) in [7, 11) is 0. The quantitative estimate of drug-likeness (QED) is 0.386. The maximum Gasteiger partial charge on any atom is 2.00 e. The molecule has 0 N–H and O–H groups in total. The van der Waals surface area contributed by atoms with Gasteiger partial charge in [-0.1, -0.05) is 12.2 Å². The van der Waals surface area contributed by atoms with E-state index in [4.69, 9.17) is 0 Å². The van der Waals surface area contributed by atoms with E-state index in [1.807, 2.05) is 0 Å². The van der Waals surface area contributed by atoms with Crippen LogP contribution in [0.15, 0.2) is 12.2 Å². The van der Waals surface area contributed by atoms with Gasteiger partial charge in [0.15, 0.2) is 0 Å². The number of aliphatic carboxylic acids is 2. The first kappa shape index (κ1) is 12.8. The van der Waals surface area contributed by atoms with E-state index in [-0.39, 0.29) is 29.9 Å². The molecular weight excluding hydrogens is 200 g/mol. The van der Waals surface area contributed by atoms with Crippen LogP contribution < -0.4 is 10.2 Å². The van der Waals surface area contributed by atoms with Gasteiger partial charge in [0.05, 0.1) is 0 Å². The molecule has 11 heavy (non-hydrogen) atoms. The van der Waals surface area contributed by atoms with Crippen molar-refractivity contribution in [2.75, 3.05) is 0 Å². The Hall–Kier alpha value is -0.801. The van der Waals surface area contributed by atoms with E-state index in [1.165, 1.54) is 12.2 Å². The summed E-state index contributed by atoms with van der Waals surface area (Å²) in [4.78, 5) is 19.4. The Bertz CT molecular complexity index is 146. The summed E-state index contributed by atoms with van der Waals surface area (Å²) in [5.41, 5.74) is 0. The summed E-state index contributed by atoms with van der Waals surface area (Å²) in [6.45, 7) is 0. The van der Waals surface area contributed by atoms with Crippen LogP contribution in [0.1, 0.15) is 12.8 Å². The molecule has 0 rings (SSSR count). The van der Waals surface area contributed by atoms with Crippen molar-refractivity contribution in [3.63, 3.8) is 0 Å². The van der Waals surface area contributed by atoms with Crippen LogP contribution in [0.25, 0.3) is 0 Å². The van der Waals surface area contributed by atoms with Gasteiger partial charge in [0, 0.05) is 24.8 Å². The second-order valence-electron chi connectivity index (χ2n) is 1.62. The molecular formula is C6H6CuO4. The van der Waals surface area contributed by atoms with Gasteiger partial charge in [-0.25, -0.2) is 0 Å². The van der Waals surface area contributed by atoms with Gasteiger partial charge >= 0.3 is 17.1 Å². The molecule has 0 aromatic heterocycles. The molecule has 0 aliphatic heterocycles. The fourth-order valence-electron chi connectivity index (χ4n) is 0.359. The molecule has 0 amide bonds. The van der Waals surface area contributed by atoms with E-state index in [0.717, 1.165) is 0 Å². The Balaban J connectivity index is 0. The fraction of sp³-hybridized carbons (Fsp3) is 0.333. The van der Waals surface area contributed by atoms with Gasteiger partial charge in [-0.05, 0) is 0 Å². The molecule has 0 bridgehead atoms. The van der Waals surface area contributed by atoms with E-state index in [0.29, 0.717) is 0 Å². The second-order valence-corrected chi connectivity index (χ2v) is 1.62. The van der Waals surface area contributed by atoms with Crippen molar-refractivity contribution in [2.45, 2.75) is 12.8 Å². The van der Waals surface area contributed by atoms with Crippen LogP contribution >= 0.6 is 0 Å². The molecule has 65 valence electrons. The number of carbonyl (C=O) groups excluding carboxylic acids is 2. The number of rotatable bonds is 4. The molecule has 0 aliphatic rings. The molecule has 4 nitrogen and oxygen atoms in total. The monoisotopic (exact) mass is 205 g/mol. The van der Waals surface area contributed by atoms with E-state index < -0.39 is 11.9 Å². The Morgan fingerprint density at radius 1 is 1.00 bits per heavy atom. The molecule has 0 heterocycles. The van der Waals surface area contributed by atoms with Crippen LogP contribution in [-0.2, 0) is 26.7 Å². The molecule has 1 radical (unpaired) electrons. The third-order valence-corrected chi connectivity index (χ3v) is 0.736. The van der Waals surface area contributed by atoms with Crippen molar-refractivity contribution in [3.8, 4) is 0 Å². The number of carboxylic acid groups (broad SMARTS) is 2. The predicted octanol–water partition coefficient (Wildman–Crippen LogP) is -2.18. The second kappa shape index (κ2) is 7.31. The molecule has 0 aromatic carbocycles. The van der Waals surface area contributed by atoms with Crippen molar-refractivity contribution < 1.29 is 36.9 Å². The summed E-state index contributed by atoms with van der Waals surface area (Å²) >= 11 is 0. The zero-order valence-electron chi connectivity index (χ0n) is 5.50. The van der Waals surface area contributed by atoms with Crippen LogP contribution in [0.4, 0.5) is 0 Å². The van der Waals surface area contributed by atoms with Crippen LogP contribution in [0.3, 0.4) is 0 Å². The summed E-state index contributed by atoms with van der Waals surface area (Å²) < 4.78 is 0. The van der Waals surface area contributed by atoms with Crippen molar-refractivity contribution in [1.82, 2.24) is 0 Å². The average Bonchev–Trinajstić information content (AvgIpc) is 1.79. The van der Waals surface area contributed by atoms with Crippen LogP contribution in [-0.4, -0.2) is 11.9 Å². The van der Waals surface area contributed by atoms with Gasteiger partial charge in [-0.3, -0.25) is 0 Å². The number of hydrogen-bond donors (Lipinski definition) is 0. The van der Waals surface area contributed by atoms with Gasteiger partial charge in [0.1, 0.15) is 0 Å². The van der Waals surface area contributed by atoms with Crippen LogP contribution in [0.2, 0.25) is 0 Å². The van der Waals surface area contributed by atoms with Gasteiger partial charge in [-0.2, -0.15) is 0 Å². The fourth-order valence-corrected chi connectivity index (χ4v) is 0.359. The Kier molecular flexibility index (Phi) is 8.53. The number of hydrogen-bond acceptors (Lipinski definition) is 4. The Morgan fingerprint density at radius 3 is 1.45 bits per heavy atom. The molecule has 0 saturated heterocycles. The van der Waals surface area contributed by atoms with E-state index in [1.54, 1.807) is 0 Å². The minimum absolute atomic E-state index is 0. The Labute approximate surface area is 74.4 Å². The van der Waals surface area contributed by atoms with Crippen LogP contribution in [0, 0.1) is 0 Å². The van der Waals surface area contributed by atoms with Gasteiger partial charge < -0.3 is 19.8 Å². The van der Waals surface area contributed by atoms with Crippen molar-refractivity contribution in [2.24, 2.45) is 0 Å². The maximum absolute atomic E-state index is 9.72. The molecule has 0 aliphatic carbocycles. The number of carbonyl (C=O) groups is 2. The SMILES string of the molecule is O=C([O-])CC=CCC(=O)[O-].[Cu+2]. The first-order valence-corrected chi connectivity index (χ1v) is 2.67.